The van der Waals surface area contributed by atoms with Gasteiger partial charge < -0.3 is 15.0 Å². The second kappa shape index (κ2) is 10.7. The van der Waals surface area contributed by atoms with Crippen LogP contribution in [0.2, 0.25) is 0 Å². The lowest BCUT2D eigenvalue weighted by Crippen LogP contribution is -2.55. The fourth-order valence-corrected chi connectivity index (χ4v) is 6.55. The third kappa shape index (κ3) is 5.41. The van der Waals surface area contributed by atoms with Gasteiger partial charge in [0.1, 0.15) is 0 Å². The molecule has 4 aliphatic rings. The zero-order chi connectivity index (χ0) is 19.9. The minimum Gasteiger partial charge on any atom is -0.379 e. The van der Waals surface area contributed by atoms with Crippen molar-refractivity contribution in [1.82, 2.24) is 20.0 Å². The van der Waals surface area contributed by atoms with E-state index in [0.717, 1.165) is 58.4 Å². The third-order valence-corrected chi connectivity index (χ3v) is 8.29. The summed E-state index contributed by atoms with van der Waals surface area (Å²) in [7, 11) is 0. The van der Waals surface area contributed by atoms with Crippen molar-refractivity contribution in [1.29, 1.82) is 0 Å². The Morgan fingerprint density at radius 1 is 1.07 bits per heavy atom. The van der Waals surface area contributed by atoms with Crippen LogP contribution in [0.15, 0.2) is 4.99 Å². The van der Waals surface area contributed by atoms with Crippen LogP contribution in [-0.2, 0) is 4.74 Å². The highest BCUT2D eigenvalue weighted by atomic mass is 32.2. The summed E-state index contributed by atoms with van der Waals surface area (Å²) in [5, 5.41) is 3.62. The Morgan fingerprint density at radius 3 is 2.55 bits per heavy atom. The Morgan fingerprint density at radius 2 is 1.83 bits per heavy atom. The number of nitrogens with one attached hydrogen (secondary N) is 1. The number of aliphatic imine (C=N–C) groups is 1. The Bertz CT molecular complexity index is 527. The molecular weight excluding hydrogens is 382 g/mol. The summed E-state index contributed by atoms with van der Waals surface area (Å²) in [6.07, 6.45) is 8.06. The molecule has 7 heteroatoms. The summed E-state index contributed by atoms with van der Waals surface area (Å²) in [6, 6.07) is 0.658. The first-order chi connectivity index (χ1) is 14.3. The van der Waals surface area contributed by atoms with Gasteiger partial charge in [0.25, 0.3) is 0 Å². The zero-order valence-electron chi connectivity index (χ0n) is 18.4. The second-order valence-corrected chi connectivity index (χ2v) is 10.3. The standard InChI is InChI=1S/C22H41N5OS/c1-2-23-21(26-9-6-20(18-26)25-10-14-28-15-11-25)24-19-22(7-4-3-5-8-22)27-12-16-29-17-13-27/h20H,2-19H2,1H3,(H,23,24). The Hall–Kier alpha value is -0.500. The van der Waals surface area contributed by atoms with Crippen LogP contribution in [0.4, 0.5) is 0 Å². The molecule has 1 atom stereocenters. The van der Waals surface area contributed by atoms with Gasteiger partial charge in [-0.15, -0.1) is 0 Å². The lowest BCUT2D eigenvalue weighted by Gasteiger charge is -2.47. The SMILES string of the molecule is CCNC(=NCC1(N2CCSCC2)CCCCC1)N1CCC(N2CCOCC2)C1. The Labute approximate surface area is 181 Å². The van der Waals surface area contributed by atoms with Crippen molar-refractivity contribution in [3.05, 3.63) is 0 Å². The highest BCUT2D eigenvalue weighted by molar-refractivity contribution is 7.99. The number of hydrogen-bond donors (Lipinski definition) is 1. The van der Waals surface area contributed by atoms with E-state index in [9.17, 15) is 0 Å². The fraction of sp³-hybridized carbons (Fsp3) is 0.955. The van der Waals surface area contributed by atoms with Gasteiger partial charge in [-0.05, 0) is 26.2 Å². The summed E-state index contributed by atoms with van der Waals surface area (Å²) in [5.41, 5.74) is 0.309. The largest absolute Gasteiger partial charge is 0.379 e. The first-order valence-corrected chi connectivity index (χ1v) is 13.1. The maximum atomic E-state index is 5.55. The molecule has 3 aliphatic heterocycles. The summed E-state index contributed by atoms with van der Waals surface area (Å²) < 4.78 is 5.55. The maximum Gasteiger partial charge on any atom is 0.194 e. The molecule has 0 aromatic rings. The molecule has 1 unspecified atom stereocenters. The van der Waals surface area contributed by atoms with Gasteiger partial charge in [-0.25, -0.2) is 0 Å². The summed E-state index contributed by atoms with van der Waals surface area (Å²) in [6.45, 7) is 12.8. The number of nitrogens with zero attached hydrogens (tertiary/aromatic N) is 4. The molecule has 0 aromatic carbocycles. The average Bonchev–Trinajstić information content (AvgIpc) is 3.29. The average molecular weight is 424 g/mol. The smallest absolute Gasteiger partial charge is 0.194 e. The van der Waals surface area contributed by atoms with E-state index in [2.05, 4.69) is 38.7 Å². The molecular formula is C22H41N5OS. The van der Waals surface area contributed by atoms with E-state index in [1.165, 1.54) is 63.1 Å². The van der Waals surface area contributed by atoms with Crippen LogP contribution >= 0.6 is 11.8 Å². The van der Waals surface area contributed by atoms with Crippen LogP contribution in [0.3, 0.4) is 0 Å². The lowest BCUT2D eigenvalue weighted by molar-refractivity contribution is 0.0194. The second-order valence-electron chi connectivity index (χ2n) is 9.09. The normalized spacial score (nSPS) is 29.9. The van der Waals surface area contributed by atoms with Crippen LogP contribution in [0.25, 0.3) is 0 Å². The number of morpholine rings is 1. The molecule has 3 heterocycles. The van der Waals surface area contributed by atoms with Crippen molar-refractivity contribution in [2.75, 3.05) is 77.1 Å². The molecule has 3 saturated heterocycles. The van der Waals surface area contributed by atoms with Crippen molar-refractivity contribution < 1.29 is 4.74 Å². The molecule has 0 bridgehead atoms. The molecule has 1 aliphatic carbocycles. The number of ether oxygens (including phenoxy) is 1. The quantitative estimate of drug-likeness (QED) is 0.540. The van der Waals surface area contributed by atoms with E-state index in [-0.39, 0.29) is 0 Å². The monoisotopic (exact) mass is 423 g/mol. The summed E-state index contributed by atoms with van der Waals surface area (Å²) in [5.74, 6) is 3.73. The zero-order valence-corrected chi connectivity index (χ0v) is 19.2. The van der Waals surface area contributed by atoms with Crippen molar-refractivity contribution in [2.45, 2.75) is 57.0 Å². The van der Waals surface area contributed by atoms with Crippen LogP contribution in [0, 0.1) is 0 Å². The van der Waals surface area contributed by atoms with E-state index in [0.29, 0.717) is 11.6 Å². The minimum atomic E-state index is 0.309. The van der Waals surface area contributed by atoms with Gasteiger partial charge >= 0.3 is 0 Å². The Balaban J connectivity index is 1.42. The number of rotatable bonds is 5. The van der Waals surface area contributed by atoms with E-state index in [1.807, 2.05) is 0 Å². The van der Waals surface area contributed by atoms with Gasteiger partial charge in [0.2, 0.25) is 0 Å². The Kier molecular flexibility index (Phi) is 8.01. The first-order valence-electron chi connectivity index (χ1n) is 12.0. The van der Waals surface area contributed by atoms with Gasteiger partial charge in [-0.1, -0.05) is 19.3 Å². The van der Waals surface area contributed by atoms with Crippen molar-refractivity contribution in [3.63, 3.8) is 0 Å². The predicted octanol–water partition coefficient (Wildman–Crippen LogP) is 2.11. The van der Waals surface area contributed by atoms with Crippen LogP contribution in [0.5, 0.6) is 0 Å². The molecule has 4 rings (SSSR count). The molecule has 1 saturated carbocycles. The summed E-state index contributed by atoms with van der Waals surface area (Å²) in [4.78, 5) is 13.2. The number of hydrogen-bond acceptors (Lipinski definition) is 5. The van der Waals surface area contributed by atoms with E-state index in [1.54, 1.807) is 0 Å². The van der Waals surface area contributed by atoms with Crippen LogP contribution < -0.4 is 5.32 Å². The van der Waals surface area contributed by atoms with Crippen molar-refractivity contribution in [3.8, 4) is 0 Å². The molecule has 0 amide bonds. The minimum absolute atomic E-state index is 0.309. The fourth-order valence-electron chi connectivity index (χ4n) is 5.64. The van der Waals surface area contributed by atoms with Gasteiger partial charge in [0, 0.05) is 68.9 Å². The predicted molar refractivity (Wildman–Crippen MR) is 123 cm³/mol. The summed E-state index contributed by atoms with van der Waals surface area (Å²) >= 11 is 2.12. The molecule has 4 fully saturated rings. The topological polar surface area (TPSA) is 43.3 Å². The molecule has 6 nitrogen and oxygen atoms in total. The first kappa shape index (κ1) is 21.7. The molecule has 0 aromatic heterocycles. The maximum absolute atomic E-state index is 5.55. The molecule has 166 valence electrons. The van der Waals surface area contributed by atoms with E-state index in [4.69, 9.17) is 9.73 Å². The number of guanidine groups is 1. The van der Waals surface area contributed by atoms with Crippen molar-refractivity contribution >= 4 is 17.7 Å². The molecule has 29 heavy (non-hydrogen) atoms. The number of likely N-dealkylation sites (tertiary alicyclic amines) is 1. The highest BCUT2D eigenvalue weighted by Gasteiger charge is 2.39. The molecule has 0 radical (unpaired) electrons. The molecule has 0 spiro atoms. The van der Waals surface area contributed by atoms with Crippen LogP contribution in [-0.4, -0.2) is 109 Å². The van der Waals surface area contributed by atoms with Gasteiger partial charge in [-0.3, -0.25) is 14.8 Å². The van der Waals surface area contributed by atoms with E-state index < -0.39 is 0 Å². The van der Waals surface area contributed by atoms with Crippen molar-refractivity contribution in [2.24, 2.45) is 4.99 Å². The van der Waals surface area contributed by atoms with Gasteiger partial charge in [0.15, 0.2) is 5.96 Å². The molecule has 1 N–H and O–H groups in total. The lowest BCUT2D eigenvalue weighted by atomic mass is 9.80. The van der Waals surface area contributed by atoms with Gasteiger partial charge in [0.05, 0.1) is 19.8 Å². The number of thioether (sulfide) groups is 1. The van der Waals surface area contributed by atoms with E-state index >= 15 is 0 Å². The van der Waals surface area contributed by atoms with Crippen LogP contribution in [0.1, 0.15) is 45.4 Å². The highest BCUT2D eigenvalue weighted by Crippen LogP contribution is 2.35. The van der Waals surface area contributed by atoms with Gasteiger partial charge in [-0.2, -0.15) is 11.8 Å². The third-order valence-electron chi connectivity index (χ3n) is 7.35.